The molecule has 1 aliphatic rings. The van der Waals surface area contributed by atoms with Crippen LogP contribution in [0.25, 0.3) is 15.9 Å². The molecule has 0 N–H and O–H groups in total. The number of nitro groups is 1. The van der Waals surface area contributed by atoms with Crippen LogP contribution in [0, 0.1) is 28.4 Å². The van der Waals surface area contributed by atoms with E-state index in [-0.39, 0.29) is 5.82 Å². The van der Waals surface area contributed by atoms with E-state index in [0.717, 1.165) is 34.4 Å². The molecule has 5 rings (SSSR count). The maximum atomic E-state index is 10.9. The zero-order valence-electron chi connectivity index (χ0n) is 18.1. The molecule has 0 fully saturated rings. The van der Waals surface area contributed by atoms with Gasteiger partial charge in [-0.15, -0.1) is 16.4 Å². The van der Waals surface area contributed by atoms with Gasteiger partial charge in [0.25, 0.3) is 0 Å². The summed E-state index contributed by atoms with van der Waals surface area (Å²) in [6.07, 6.45) is 5.62. The van der Waals surface area contributed by atoms with Gasteiger partial charge in [0.15, 0.2) is 11.5 Å². The number of nitrogens with zero attached hydrogens (tertiary/aromatic N) is 7. The first-order valence-electron chi connectivity index (χ1n) is 10.5. The lowest BCUT2D eigenvalue weighted by Crippen LogP contribution is -2.26. The lowest BCUT2D eigenvalue weighted by Gasteiger charge is -2.33. The van der Waals surface area contributed by atoms with E-state index in [9.17, 15) is 10.1 Å². The van der Waals surface area contributed by atoms with Crippen molar-refractivity contribution < 1.29 is 4.92 Å². The minimum absolute atomic E-state index is 0.134. The molecule has 162 valence electrons. The van der Waals surface area contributed by atoms with E-state index in [1.54, 1.807) is 26.9 Å². The van der Waals surface area contributed by atoms with E-state index < -0.39 is 4.92 Å². The molecule has 0 saturated heterocycles. The minimum Gasteiger partial charge on any atom is -0.358 e. The first-order chi connectivity index (χ1) is 14.7. The van der Waals surface area contributed by atoms with Crippen molar-refractivity contribution in [1.29, 1.82) is 0 Å². The van der Waals surface area contributed by atoms with Crippen LogP contribution in [0.1, 0.15) is 49.2 Å². The molecule has 10 heteroatoms. The number of fused-ring (bicyclic) bond motifs is 5. The van der Waals surface area contributed by atoms with Crippen molar-refractivity contribution in [3.05, 3.63) is 44.5 Å². The van der Waals surface area contributed by atoms with Gasteiger partial charge in [0, 0.05) is 11.3 Å². The smallest absolute Gasteiger partial charge is 0.358 e. The number of aryl methyl sites for hydroxylation is 4. The fraction of sp³-hybridized carbons (Fsp3) is 0.524. The van der Waals surface area contributed by atoms with Crippen LogP contribution in [0.5, 0.6) is 0 Å². The monoisotopic (exact) mass is 439 g/mol. The third-order valence-corrected chi connectivity index (χ3v) is 7.52. The van der Waals surface area contributed by atoms with Gasteiger partial charge in [0.1, 0.15) is 11.2 Å². The molecule has 0 bridgehead atoms. The average molecular weight is 440 g/mol. The Balaban J connectivity index is 1.46. The third-order valence-electron chi connectivity index (χ3n) is 6.36. The Bertz CT molecular complexity index is 1310. The molecular formula is C21H25N7O2S. The fourth-order valence-corrected chi connectivity index (χ4v) is 5.74. The van der Waals surface area contributed by atoms with Crippen molar-refractivity contribution in [3.63, 3.8) is 0 Å². The highest BCUT2D eigenvalue weighted by Crippen LogP contribution is 2.43. The van der Waals surface area contributed by atoms with Crippen LogP contribution >= 0.6 is 11.3 Å². The molecule has 0 saturated carbocycles. The predicted molar refractivity (Wildman–Crippen MR) is 118 cm³/mol. The summed E-state index contributed by atoms with van der Waals surface area (Å²) < 4.78 is 3.40. The molecule has 31 heavy (non-hydrogen) atoms. The first-order valence-corrected chi connectivity index (χ1v) is 11.4. The number of aromatic nitrogens is 6. The Morgan fingerprint density at radius 1 is 1.32 bits per heavy atom. The van der Waals surface area contributed by atoms with Gasteiger partial charge < -0.3 is 10.1 Å². The Kier molecular flexibility index (Phi) is 4.58. The van der Waals surface area contributed by atoms with E-state index in [1.165, 1.54) is 22.9 Å². The second-order valence-corrected chi connectivity index (χ2v) is 10.5. The fourth-order valence-electron chi connectivity index (χ4n) is 4.48. The van der Waals surface area contributed by atoms with Crippen LogP contribution in [0.2, 0.25) is 0 Å². The molecule has 0 aromatic carbocycles. The molecule has 4 heterocycles. The summed E-state index contributed by atoms with van der Waals surface area (Å²) in [7, 11) is 0. The van der Waals surface area contributed by atoms with Gasteiger partial charge >= 0.3 is 5.82 Å². The summed E-state index contributed by atoms with van der Waals surface area (Å²) >= 11 is 1.79. The summed E-state index contributed by atoms with van der Waals surface area (Å²) in [6, 6.07) is 1.48. The highest BCUT2D eigenvalue weighted by molar-refractivity contribution is 7.19. The van der Waals surface area contributed by atoms with Crippen molar-refractivity contribution in [2.24, 2.45) is 11.3 Å². The third kappa shape index (κ3) is 3.48. The minimum atomic E-state index is -0.473. The lowest BCUT2D eigenvalue weighted by molar-refractivity contribution is -0.389. The zero-order chi connectivity index (χ0) is 21.9. The molecule has 1 unspecified atom stereocenters. The predicted octanol–water partition coefficient (Wildman–Crippen LogP) is 4.15. The summed E-state index contributed by atoms with van der Waals surface area (Å²) in [5.41, 5.74) is 3.30. The summed E-state index contributed by atoms with van der Waals surface area (Å²) in [5, 5.41) is 20.7. The SMILES string of the molecule is Cc1cc([N+](=O)[O-])nn1CCc1nc2c3c4c(sc3ncn2n1)CC(C(C)(C)C)CC4. The van der Waals surface area contributed by atoms with Crippen molar-refractivity contribution in [3.8, 4) is 0 Å². The average Bonchev–Trinajstić information content (AvgIpc) is 3.38. The van der Waals surface area contributed by atoms with Crippen LogP contribution in [-0.2, 0) is 25.8 Å². The second kappa shape index (κ2) is 7.08. The van der Waals surface area contributed by atoms with Gasteiger partial charge in [-0.2, -0.15) is 4.68 Å². The van der Waals surface area contributed by atoms with Crippen LogP contribution in [0.3, 0.4) is 0 Å². The summed E-state index contributed by atoms with van der Waals surface area (Å²) in [6.45, 7) is 9.28. The number of rotatable bonds is 4. The van der Waals surface area contributed by atoms with Crippen molar-refractivity contribution in [2.45, 2.75) is 59.9 Å². The Labute approximate surface area is 183 Å². The van der Waals surface area contributed by atoms with Crippen LogP contribution in [-0.4, -0.2) is 34.3 Å². The van der Waals surface area contributed by atoms with E-state index in [2.05, 4.69) is 36.0 Å². The molecule has 0 radical (unpaired) electrons. The van der Waals surface area contributed by atoms with Crippen LogP contribution < -0.4 is 0 Å². The van der Waals surface area contributed by atoms with Gasteiger partial charge in [-0.1, -0.05) is 20.8 Å². The van der Waals surface area contributed by atoms with Crippen molar-refractivity contribution in [1.82, 2.24) is 29.4 Å². The molecule has 0 aliphatic heterocycles. The van der Waals surface area contributed by atoms with E-state index in [4.69, 9.17) is 4.98 Å². The quantitative estimate of drug-likeness (QED) is 0.349. The number of hydrogen-bond donors (Lipinski definition) is 0. The van der Waals surface area contributed by atoms with E-state index in [1.807, 2.05) is 6.92 Å². The second-order valence-electron chi connectivity index (χ2n) is 9.40. The normalized spacial score (nSPS) is 16.8. The molecular weight excluding hydrogens is 414 g/mol. The molecule has 0 spiro atoms. The van der Waals surface area contributed by atoms with Gasteiger partial charge in [-0.05, 0) is 48.0 Å². The molecule has 4 aromatic heterocycles. The molecule has 0 amide bonds. The molecule has 1 atom stereocenters. The van der Waals surface area contributed by atoms with Crippen LogP contribution in [0.4, 0.5) is 5.82 Å². The van der Waals surface area contributed by atoms with Crippen molar-refractivity contribution >= 4 is 33.0 Å². The summed E-state index contributed by atoms with van der Waals surface area (Å²) in [5.74, 6) is 1.24. The topological polar surface area (TPSA) is 104 Å². The maximum absolute atomic E-state index is 10.9. The molecule has 1 aliphatic carbocycles. The first kappa shape index (κ1) is 20.0. The van der Waals surface area contributed by atoms with Crippen molar-refractivity contribution in [2.75, 3.05) is 0 Å². The van der Waals surface area contributed by atoms with Crippen LogP contribution in [0.15, 0.2) is 12.4 Å². The Hall–Kier alpha value is -2.88. The number of thiophene rings is 1. The molecule has 9 nitrogen and oxygen atoms in total. The maximum Gasteiger partial charge on any atom is 0.390 e. The van der Waals surface area contributed by atoms with Gasteiger partial charge in [-0.3, -0.25) is 0 Å². The standard InChI is InChI=1S/C21H25N7O2S/c1-12-9-17(28(29)30)25-26(12)8-7-16-23-19-18-14-6-5-13(21(2,3)4)10-15(14)31-20(18)22-11-27(19)24-16/h9,11,13H,5-8,10H2,1-4H3. The number of hydrogen-bond acceptors (Lipinski definition) is 7. The lowest BCUT2D eigenvalue weighted by atomic mass is 9.72. The van der Waals surface area contributed by atoms with Gasteiger partial charge in [-0.25, -0.2) is 14.5 Å². The van der Waals surface area contributed by atoms with E-state index >= 15 is 0 Å². The largest absolute Gasteiger partial charge is 0.390 e. The Morgan fingerprint density at radius 2 is 2.13 bits per heavy atom. The Morgan fingerprint density at radius 3 is 2.84 bits per heavy atom. The van der Waals surface area contributed by atoms with Gasteiger partial charge in [0.05, 0.1) is 28.8 Å². The zero-order valence-corrected chi connectivity index (χ0v) is 18.9. The highest BCUT2D eigenvalue weighted by Gasteiger charge is 2.31. The summed E-state index contributed by atoms with van der Waals surface area (Å²) in [4.78, 5) is 22.4. The highest BCUT2D eigenvalue weighted by atomic mass is 32.1. The molecule has 4 aromatic rings. The van der Waals surface area contributed by atoms with Gasteiger partial charge in [0.2, 0.25) is 0 Å². The van der Waals surface area contributed by atoms with E-state index in [0.29, 0.717) is 30.1 Å².